The van der Waals surface area contributed by atoms with E-state index < -0.39 is 0 Å². The molecular weight excluding hydrogens is 300 g/mol. The highest BCUT2D eigenvalue weighted by Crippen LogP contribution is 2.22. The molecule has 1 atom stereocenters. The van der Waals surface area contributed by atoms with Crippen molar-refractivity contribution in [3.63, 3.8) is 0 Å². The summed E-state index contributed by atoms with van der Waals surface area (Å²) in [6, 6.07) is 0. The Bertz CT molecular complexity index is 220. The molecule has 0 heterocycles. The van der Waals surface area contributed by atoms with E-state index in [-0.39, 0.29) is 0 Å². The highest BCUT2D eigenvalue weighted by atomic mass is 14.1. The van der Waals surface area contributed by atoms with Crippen LogP contribution in [0.25, 0.3) is 0 Å². The predicted octanol–water partition coefficient (Wildman–Crippen LogP) is 9.85. The van der Waals surface area contributed by atoms with Gasteiger partial charge in [-0.1, -0.05) is 156 Å². The molecule has 0 aliphatic heterocycles. The maximum Gasteiger partial charge on any atom is -0.0417 e. The van der Waals surface area contributed by atoms with Crippen LogP contribution in [0.2, 0.25) is 0 Å². The lowest BCUT2D eigenvalue weighted by molar-refractivity contribution is 0.392. The Morgan fingerprint density at radius 2 is 0.640 bits per heavy atom. The van der Waals surface area contributed by atoms with E-state index >= 15 is 0 Å². The maximum atomic E-state index is 2.41. The fourth-order valence-corrected chi connectivity index (χ4v) is 4.04. The van der Waals surface area contributed by atoms with Gasteiger partial charge in [0.05, 0.1) is 0 Å². The Hall–Kier alpha value is 0. The molecule has 0 aliphatic carbocycles. The minimum absolute atomic E-state index is 1.02. The van der Waals surface area contributed by atoms with E-state index in [4.69, 9.17) is 0 Å². The normalized spacial score (nSPS) is 12.6. The van der Waals surface area contributed by atoms with E-state index in [0.29, 0.717) is 0 Å². The summed E-state index contributed by atoms with van der Waals surface area (Å²) >= 11 is 0. The van der Waals surface area contributed by atoms with Gasteiger partial charge in [0.15, 0.2) is 0 Å². The standard InChI is InChI=1S/C25H52/c1-4-7-9-11-13-15-16-18-20-22-24-25(6-3)23-21-19-17-14-12-10-8-5-2/h25H,4-24H2,1-3H3. The molecule has 152 valence electrons. The van der Waals surface area contributed by atoms with Crippen molar-refractivity contribution < 1.29 is 0 Å². The SMILES string of the molecule is CCCCCCCCCCCCC(CC)CCCCCCCCCC. The highest BCUT2D eigenvalue weighted by Gasteiger charge is 2.05. The molecule has 0 nitrogen and oxygen atoms in total. The van der Waals surface area contributed by atoms with Crippen LogP contribution in [0.1, 0.15) is 156 Å². The lowest BCUT2D eigenvalue weighted by Crippen LogP contribution is -1.99. The largest absolute Gasteiger partial charge is 0.0654 e. The zero-order valence-corrected chi connectivity index (χ0v) is 18.4. The Balaban J connectivity index is 3.28. The Morgan fingerprint density at radius 3 is 0.920 bits per heavy atom. The van der Waals surface area contributed by atoms with Gasteiger partial charge in [-0.2, -0.15) is 0 Å². The second-order valence-corrected chi connectivity index (χ2v) is 8.51. The van der Waals surface area contributed by atoms with Crippen LogP contribution in [0, 0.1) is 5.92 Å². The summed E-state index contributed by atoms with van der Waals surface area (Å²) in [4.78, 5) is 0. The van der Waals surface area contributed by atoms with E-state index in [0.717, 1.165) is 5.92 Å². The average molecular weight is 353 g/mol. The first kappa shape index (κ1) is 25.0. The van der Waals surface area contributed by atoms with Gasteiger partial charge in [-0.25, -0.2) is 0 Å². The van der Waals surface area contributed by atoms with E-state index in [1.165, 1.54) is 135 Å². The van der Waals surface area contributed by atoms with Crippen molar-refractivity contribution in [2.24, 2.45) is 5.92 Å². The number of unbranched alkanes of at least 4 members (excludes halogenated alkanes) is 16. The lowest BCUT2D eigenvalue weighted by atomic mass is 9.92. The topological polar surface area (TPSA) is 0 Å². The molecule has 0 fully saturated rings. The first-order valence-electron chi connectivity index (χ1n) is 12.3. The van der Waals surface area contributed by atoms with Crippen LogP contribution >= 0.6 is 0 Å². The van der Waals surface area contributed by atoms with Crippen molar-refractivity contribution in [1.82, 2.24) is 0 Å². The van der Waals surface area contributed by atoms with Crippen LogP contribution in [0.5, 0.6) is 0 Å². The first-order chi connectivity index (χ1) is 12.3. The Labute approximate surface area is 161 Å². The third kappa shape index (κ3) is 20.2. The van der Waals surface area contributed by atoms with Crippen molar-refractivity contribution >= 4 is 0 Å². The van der Waals surface area contributed by atoms with Crippen molar-refractivity contribution in [1.29, 1.82) is 0 Å². The molecule has 0 heteroatoms. The zero-order valence-electron chi connectivity index (χ0n) is 18.4. The minimum atomic E-state index is 1.02. The fraction of sp³-hybridized carbons (Fsp3) is 1.00. The molecule has 0 rings (SSSR count). The van der Waals surface area contributed by atoms with Gasteiger partial charge in [-0.15, -0.1) is 0 Å². The fourth-order valence-electron chi connectivity index (χ4n) is 4.04. The molecule has 0 saturated heterocycles. The van der Waals surface area contributed by atoms with E-state index in [9.17, 15) is 0 Å². The van der Waals surface area contributed by atoms with Crippen molar-refractivity contribution in [3.05, 3.63) is 0 Å². The summed E-state index contributed by atoms with van der Waals surface area (Å²) in [5.41, 5.74) is 0. The molecule has 0 aromatic heterocycles. The van der Waals surface area contributed by atoms with Crippen LogP contribution < -0.4 is 0 Å². The summed E-state index contributed by atoms with van der Waals surface area (Å²) in [6.45, 7) is 7.02. The molecule has 0 saturated carbocycles. The second kappa shape index (κ2) is 22.0. The third-order valence-electron chi connectivity index (χ3n) is 6.01. The van der Waals surface area contributed by atoms with Gasteiger partial charge in [-0.05, 0) is 5.92 Å². The van der Waals surface area contributed by atoms with Crippen LogP contribution in [-0.2, 0) is 0 Å². The Morgan fingerprint density at radius 1 is 0.360 bits per heavy atom. The molecular formula is C25H52. The van der Waals surface area contributed by atoms with Gasteiger partial charge in [0.2, 0.25) is 0 Å². The summed E-state index contributed by atoms with van der Waals surface area (Å²) in [7, 11) is 0. The average Bonchev–Trinajstić information content (AvgIpc) is 2.63. The van der Waals surface area contributed by atoms with Crippen LogP contribution in [0.15, 0.2) is 0 Å². The minimum Gasteiger partial charge on any atom is -0.0654 e. The second-order valence-electron chi connectivity index (χ2n) is 8.51. The number of hydrogen-bond acceptors (Lipinski definition) is 0. The van der Waals surface area contributed by atoms with Crippen molar-refractivity contribution in [2.45, 2.75) is 156 Å². The van der Waals surface area contributed by atoms with Gasteiger partial charge in [-0.3, -0.25) is 0 Å². The summed E-state index contributed by atoms with van der Waals surface area (Å²) < 4.78 is 0. The first-order valence-corrected chi connectivity index (χ1v) is 12.3. The number of hydrogen-bond donors (Lipinski definition) is 0. The van der Waals surface area contributed by atoms with Gasteiger partial charge in [0.25, 0.3) is 0 Å². The maximum absolute atomic E-state index is 2.41. The Kier molecular flexibility index (Phi) is 22.0. The summed E-state index contributed by atoms with van der Waals surface area (Å²) in [6.07, 6.45) is 30.8. The molecule has 0 bridgehead atoms. The van der Waals surface area contributed by atoms with Crippen molar-refractivity contribution in [2.75, 3.05) is 0 Å². The summed E-state index contributed by atoms with van der Waals surface area (Å²) in [5.74, 6) is 1.02. The quantitative estimate of drug-likeness (QED) is 0.180. The monoisotopic (exact) mass is 352 g/mol. The van der Waals surface area contributed by atoms with Crippen LogP contribution in [0.3, 0.4) is 0 Å². The van der Waals surface area contributed by atoms with E-state index in [1.807, 2.05) is 0 Å². The van der Waals surface area contributed by atoms with E-state index in [2.05, 4.69) is 20.8 Å². The highest BCUT2D eigenvalue weighted by molar-refractivity contribution is 4.59. The van der Waals surface area contributed by atoms with Gasteiger partial charge < -0.3 is 0 Å². The molecule has 0 amide bonds. The molecule has 0 aromatic rings. The van der Waals surface area contributed by atoms with Crippen molar-refractivity contribution in [3.8, 4) is 0 Å². The molecule has 0 radical (unpaired) electrons. The third-order valence-corrected chi connectivity index (χ3v) is 6.01. The van der Waals surface area contributed by atoms with E-state index in [1.54, 1.807) is 0 Å². The molecule has 1 unspecified atom stereocenters. The molecule has 0 spiro atoms. The van der Waals surface area contributed by atoms with Gasteiger partial charge in [0.1, 0.15) is 0 Å². The zero-order chi connectivity index (χ0) is 18.4. The van der Waals surface area contributed by atoms with Crippen LogP contribution in [0.4, 0.5) is 0 Å². The predicted molar refractivity (Wildman–Crippen MR) is 117 cm³/mol. The summed E-state index contributed by atoms with van der Waals surface area (Å²) in [5, 5.41) is 0. The van der Waals surface area contributed by atoms with Gasteiger partial charge in [0, 0.05) is 0 Å². The van der Waals surface area contributed by atoms with Gasteiger partial charge >= 0.3 is 0 Å². The molecule has 25 heavy (non-hydrogen) atoms. The molecule has 0 aromatic carbocycles. The van der Waals surface area contributed by atoms with Crippen LogP contribution in [-0.4, -0.2) is 0 Å². The number of rotatable bonds is 21. The molecule has 0 N–H and O–H groups in total. The molecule has 0 aliphatic rings. The smallest absolute Gasteiger partial charge is 0.0417 e. The lowest BCUT2D eigenvalue weighted by Gasteiger charge is -2.14.